The summed E-state index contributed by atoms with van der Waals surface area (Å²) in [6.45, 7) is 4.19. The molecule has 0 atom stereocenters. The number of benzene rings is 2. The van der Waals surface area contributed by atoms with Gasteiger partial charge in [-0.1, -0.05) is 34.1 Å². The number of hydrogen-bond acceptors (Lipinski definition) is 3. The zero-order valence-corrected chi connectivity index (χ0v) is 16.1. The Bertz CT molecular complexity index is 1070. The summed E-state index contributed by atoms with van der Waals surface area (Å²) in [6, 6.07) is 18.3. The standard InChI is InChI=1S/C20H18BrN5/c1-13-10-15(14(2)26(13)17-7-5-6-16(21)11-17)12-22-25-20-23-18-8-3-4-9-19(18)24-20/h3-12H,1-2H3,(H2,23,24,25)/b22-12-. The third-order valence-corrected chi connectivity index (χ3v) is 4.79. The van der Waals surface area contributed by atoms with Gasteiger partial charge in [-0.3, -0.25) is 0 Å². The number of fused-ring (bicyclic) bond motifs is 1. The second-order valence-electron chi connectivity index (χ2n) is 6.11. The van der Waals surface area contributed by atoms with Crippen LogP contribution in [0.2, 0.25) is 0 Å². The fourth-order valence-electron chi connectivity index (χ4n) is 3.10. The van der Waals surface area contributed by atoms with E-state index in [0.29, 0.717) is 5.95 Å². The highest BCUT2D eigenvalue weighted by molar-refractivity contribution is 9.10. The van der Waals surface area contributed by atoms with Crippen molar-refractivity contribution >= 4 is 39.1 Å². The van der Waals surface area contributed by atoms with E-state index in [2.05, 4.69) is 73.0 Å². The third kappa shape index (κ3) is 3.15. The van der Waals surface area contributed by atoms with E-state index >= 15 is 0 Å². The van der Waals surface area contributed by atoms with Gasteiger partial charge in [0.2, 0.25) is 5.95 Å². The molecule has 0 aliphatic carbocycles. The van der Waals surface area contributed by atoms with E-state index in [1.54, 1.807) is 0 Å². The Labute approximate surface area is 159 Å². The van der Waals surface area contributed by atoms with E-state index in [4.69, 9.17) is 0 Å². The molecule has 0 spiro atoms. The first kappa shape index (κ1) is 16.6. The summed E-state index contributed by atoms with van der Waals surface area (Å²) < 4.78 is 3.28. The molecular formula is C20H18BrN5. The Balaban J connectivity index is 1.58. The van der Waals surface area contributed by atoms with Crippen LogP contribution in [-0.4, -0.2) is 20.7 Å². The van der Waals surface area contributed by atoms with Crippen LogP contribution >= 0.6 is 15.9 Å². The second-order valence-corrected chi connectivity index (χ2v) is 7.03. The molecule has 5 nitrogen and oxygen atoms in total. The number of nitrogens with zero attached hydrogens (tertiary/aromatic N) is 3. The van der Waals surface area contributed by atoms with Crippen LogP contribution in [0.25, 0.3) is 16.7 Å². The summed E-state index contributed by atoms with van der Waals surface area (Å²) in [5.74, 6) is 0.628. The maximum atomic E-state index is 4.46. The molecule has 6 heteroatoms. The van der Waals surface area contributed by atoms with Gasteiger partial charge in [0.25, 0.3) is 0 Å². The first-order valence-corrected chi connectivity index (χ1v) is 9.10. The van der Waals surface area contributed by atoms with Crippen molar-refractivity contribution in [1.82, 2.24) is 14.5 Å². The van der Waals surface area contributed by atoms with E-state index in [9.17, 15) is 0 Å². The van der Waals surface area contributed by atoms with Crippen LogP contribution in [0.5, 0.6) is 0 Å². The minimum absolute atomic E-state index is 0.628. The van der Waals surface area contributed by atoms with Gasteiger partial charge >= 0.3 is 0 Å². The number of aryl methyl sites for hydroxylation is 1. The molecule has 26 heavy (non-hydrogen) atoms. The largest absolute Gasteiger partial charge is 0.323 e. The molecule has 0 saturated heterocycles. The van der Waals surface area contributed by atoms with E-state index < -0.39 is 0 Å². The lowest BCUT2D eigenvalue weighted by Crippen LogP contribution is -1.99. The number of anilines is 1. The molecular weight excluding hydrogens is 390 g/mol. The molecule has 0 aliphatic rings. The molecule has 2 N–H and O–H groups in total. The fourth-order valence-corrected chi connectivity index (χ4v) is 3.49. The molecule has 2 aromatic heterocycles. The number of rotatable bonds is 4. The van der Waals surface area contributed by atoms with Gasteiger partial charge in [0.15, 0.2) is 0 Å². The number of H-pyrrole nitrogens is 1. The molecule has 0 aliphatic heterocycles. The molecule has 0 bridgehead atoms. The number of halogens is 1. The van der Waals surface area contributed by atoms with Crippen molar-refractivity contribution in [3.05, 3.63) is 76.0 Å². The number of hydrogen-bond donors (Lipinski definition) is 2. The van der Waals surface area contributed by atoms with Gasteiger partial charge in [0, 0.05) is 27.1 Å². The first-order chi connectivity index (χ1) is 12.6. The van der Waals surface area contributed by atoms with Gasteiger partial charge in [-0.15, -0.1) is 0 Å². The summed E-state index contributed by atoms with van der Waals surface area (Å²) in [4.78, 5) is 7.65. The van der Waals surface area contributed by atoms with Crippen LogP contribution < -0.4 is 5.43 Å². The van der Waals surface area contributed by atoms with Gasteiger partial charge in [0.1, 0.15) is 0 Å². The quantitative estimate of drug-likeness (QED) is 0.361. The highest BCUT2D eigenvalue weighted by Crippen LogP contribution is 2.22. The second kappa shape index (κ2) is 6.80. The van der Waals surface area contributed by atoms with Crippen molar-refractivity contribution in [2.24, 2.45) is 5.10 Å². The number of nitrogens with one attached hydrogen (secondary N) is 2. The molecule has 4 aromatic rings. The smallest absolute Gasteiger partial charge is 0.222 e. The highest BCUT2D eigenvalue weighted by atomic mass is 79.9. The average molecular weight is 408 g/mol. The predicted molar refractivity (Wildman–Crippen MR) is 110 cm³/mol. The van der Waals surface area contributed by atoms with Crippen molar-refractivity contribution in [3.63, 3.8) is 0 Å². The van der Waals surface area contributed by atoms with Crippen LogP contribution in [-0.2, 0) is 0 Å². The van der Waals surface area contributed by atoms with Crippen LogP contribution in [0.4, 0.5) is 5.95 Å². The molecule has 2 aromatic carbocycles. The highest BCUT2D eigenvalue weighted by Gasteiger charge is 2.09. The average Bonchev–Trinajstić information content (AvgIpc) is 3.15. The summed E-state index contributed by atoms with van der Waals surface area (Å²) >= 11 is 3.54. The molecule has 0 fully saturated rings. The van der Waals surface area contributed by atoms with Gasteiger partial charge in [0.05, 0.1) is 17.2 Å². The number of para-hydroxylation sites is 2. The first-order valence-electron chi connectivity index (χ1n) is 8.30. The lowest BCUT2D eigenvalue weighted by Gasteiger charge is -2.09. The monoisotopic (exact) mass is 407 g/mol. The van der Waals surface area contributed by atoms with Crippen molar-refractivity contribution in [3.8, 4) is 5.69 Å². The summed E-state index contributed by atoms with van der Waals surface area (Å²) in [5.41, 5.74) is 9.35. The summed E-state index contributed by atoms with van der Waals surface area (Å²) in [7, 11) is 0. The van der Waals surface area contributed by atoms with Crippen molar-refractivity contribution in [2.45, 2.75) is 13.8 Å². The maximum absolute atomic E-state index is 4.46. The van der Waals surface area contributed by atoms with Gasteiger partial charge < -0.3 is 9.55 Å². The van der Waals surface area contributed by atoms with Crippen LogP contribution in [0, 0.1) is 13.8 Å². The Morgan fingerprint density at radius 2 is 1.96 bits per heavy atom. The number of aromatic amines is 1. The van der Waals surface area contributed by atoms with E-state index in [1.165, 1.54) is 0 Å². The summed E-state index contributed by atoms with van der Waals surface area (Å²) in [5, 5.41) is 4.34. The Morgan fingerprint density at radius 3 is 2.77 bits per heavy atom. The number of aromatic nitrogens is 3. The molecule has 0 amide bonds. The van der Waals surface area contributed by atoms with Crippen LogP contribution in [0.3, 0.4) is 0 Å². The zero-order chi connectivity index (χ0) is 18.1. The molecule has 0 radical (unpaired) electrons. The SMILES string of the molecule is Cc1cc(/C=N\Nc2nc3ccccc3[nH]2)c(C)n1-c1cccc(Br)c1. The van der Waals surface area contributed by atoms with Crippen molar-refractivity contribution in [1.29, 1.82) is 0 Å². The number of imidazole rings is 1. The normalized spacial score (nSPS) is 11.5. The molecule has 2 heterocycles. The van der Waals surface area contributed by atoms with Gasteiger partial charge in [-0.2, -0.15) is 5.10 Å². The zero-order valence-electron chi connectivity index (χ0n) is 14.5. The molecule has 4 rings (SSSR count). The van der Waals surface area contributed by atoms with Crippen molar-refractivity contribution in [2.75, 3.05) is 5.43 Å². The van der Waals surface area contributed by atoms with Crippen LogP contribution in [0.1, 0.15) is 17.0 Å². The predicted octanol–water partition coefficient (Wildman–Crippen LogP) is 5.18. The molecule has 130 valence electrons. The maximum Gasteiger partial charge on any atom is 0.222 e. The van der Waals surface area contributed by atoms with E-state index in [1.807, 2.05) is 42.6 Å². The Morgan fingerprint density at radius 1 is 1.12 bits per heavy atom. The number of hydrazone groups is 1. The van der Waals surface area contributed by atoms with Gasteiger partial charge in [-0.25, -0.2) is 10.4 Å². The Kier molecular flexibility index (Phi) is 4.34. The van der Waals surface area contributed by atoms with Gasteiger partial charge in [-0.05, 0) is 50.2 Å². The molecule has 0 saturated carbocycles. The minimum Gasteiger partial charge on any atom is -0.323 e. The minimum atomic E-state index is 0.628. The summed E-state index contributed by atoms with van der Waals surface area (Å²) in [6.07, 6.45) is 1.82. The van der Waals surface area contributed by atoms with E-state index in [0.717, 1.165) is 38.1 Å². The third-order valence-electron chi connectivity index (χ3n) is 4.30. The lowest BCUT2D eigenvalue weighted by atomic mass is 10.2. The fraction of sp³-hybridized carbons (Fsp3) is 0.100. The topological polar surface area (TPSA) is 58.0 Å². The Hall–Kier alpha value is -2.86. The van der Waals surface area contributed by atoms with Crippen LogP contribution in [0.15, 0.2) is 64.2 Å². The van der Waals surface area contributed by atoms with E-state index in [-0.39, 0.29) is 0 Å². The van der Waals surface area contributed by atoms with Crippen molar-refractivity contribution < 1.29 is 0 Å². The molecule has 0 unspecified atom stereocenters. The lowest BCUT2D eigenvalue weighted by molar-refractivity contribution is 0.964.